The smallest absolute Gasteiger partial charge is 0.253 e. The summed E-state index contributed by atoms with van der Waals surface area (Å²) in [7, 11) is 0. The summed E-state index contributed by atoms with van der Waals surface area (Å²) in [5.74, 6) is -0.240. The van der Waals surface area contributed by atoms with Crippen LogP contribution >= 0.6 is 27.5 Å². The van der Waals surface area contributed by atoms with E-state index in [1.165, 1.54) is 0 Å². The first-order chi connectivity index (χ1) is 17.3. The third-order valence-corrected chi connectivity index (χ3v) is 7.48. The quantitative estimate of drug-likeness (QED) is 0.417. The van der Waals surface area contributed by atoms with Crippen molar-refractivity contribution in [2.75, 3.05) is 17.3 Å². The minimum Gasteiger partial charge on any atom is -0.399 e. The molecule has 3 heterocycles. The van der Waals surface area contributed by atoms with E-state index in [1.807, 2.05) is 71.4 Å². The topological polar surface area (TPSA) is 84.0 Å². The Morgan fingerprint density at radius 3 is 2.44 bits per heavy atom. The van der Waals surface area contributed by atoms with Gasteiger partial charge in [0.05, 0.1) is 34.1 Å². The van der Waals surface area contributed by atoms with Gasteiger partial charge in [-0.05, 0) is 74.4 Å². The van der Waals surface area contributed by atoms with Gasteiger partial charge in [0.1, 0.15) is 12.3 Å². The van der Waals surface area contributed by atoms with Gasteiger partial charge < -0.3 is 15.4 Å². The van der Waals surface area contributed by atoms with Gasteiger partial charge in [0.15, 0.2) is 0 Å². The predicted molar refractivity (Wildman–Crippen MR) is 146 cm³/mol. The Kier molecular flexibility index (Phi) is 7.01. The van der Waals surface area contributed by atoms with E-state index in [4.69, 9.17) is 27.2 Å². The Labute approximate surface area is 224 Å². The molecule has 7 nitrogen and oxygen atoms in total. The summed E-state index contributed by atoms with van der Waals surface area (Å²) in [6, 6.07) is 19.3. The van der Waals surface area contributed by atoms with Gasteiger partial charge in [-0.1, -0.05) is 39.7 Å². The van der Waals surface area contributed by atoms with Crippen LogP contribution in [0.2, 0.25) is 5.02 Å². The van der Waals surface area contributed by atoms with Gasteiger partial charge >= 0.3 is 0 Å². The normalized spacial score (nSPS) is 23.9. The molecule has 0 aliphatic carbocycles. The summed E-state index contributed by atoms with van der Waals surface area (Å²) >= 11 is 9.62. The molecule has 1 fully saturated rings. The molecule has 2 aliphatic heterocycles. The molecule has 0 radical (unpaired) electrons. The summed E-state index contributed by atoms with van der Waals surface area (Å²) in [6.45, 7) is 4.44. The number of anilines is 2. The molecule has 1 amide bonds. The molecule has 0 saturated carbocycles. The zero-order valence-electron chi connectivity index (χ0n) is 20.0. The van der Waals surface area contributed by atoms with Crippen LogP contribution in [0.3, 0.4) is 0 Å². The minimum absolute atomic E-state index is 0.0202. The van der Waals surface area contributed by atoms with Crippen molar-refractivity contribution in [1.82, 2.24) is 9.88 Å². The second kappa shape index (κ2) is 10.2. The SMILES string of the molecule is CC1C([C@H]2O[C@@H](C)C(=O)N2CCc2ccc(N)cc2)C(c2ccc(Cl)cn2)=NN1c1ccc(Br)cc1. The zero-order valence-corrected chi connectivity index (χ0v) is 22.4. The molecule has 0 spiro atoms. The molecular weight excluding hydrogens is 542 g/mol. The number of hydrogen-bond donors (Lipinski definition) is 1. The standard InChI is InChI=1S/C27H27BrClN5O2/c1-16-24(27-33(26(35)17(2)36-27)14-13-18-3-8-21(30)9-4-18)25(23-12-7-20(29)15-31-23)32-34(16)22-10-5-19(28)6-11-22/h3-12,15-17,24,27H,13-14,30H2,1-2H3/t16?,17-,24?,27+/m0/s1. The molecule has 2 aliphatic rings. The van der Waals surface area contributed by atoms with Gasteiger partial charge in [0.25, 0.3) is 5.91 Å². The molecule has 5 rings (SSSR count). The number of ether oxygens (including phenoxy) is 1. The fourth-order valence-electron chi connectivity index (χ4n) is 4.81. The summed E-state index contributed by atoms with van der Waals surface area (Å²) in [4.78, 5) is 19.6. The molecule has 9 heteroatoms. The number of carbonyl (C=O) groups excluding carboxylic acids is 1. The van der Waals surface area contributed by atoms with E-state index in [-0.39, 0.29) is 17.9 Å². The van der Waals surface area contributed by atoms with Crippen LogP contribution < -0.4 is 10.7 Å². The lowest BCUT2D eigenvalue weighted by Gasteiger charge is -2.32. The third-order valence-electron chi connectivity index (χ3n) is 6.73. The number of nitrogens with two attached hydrogens (primary N) is 1. The summed E-state index contributed by atoms with van der Waals surface area (Å²) in [5.41, 5.74) is 10.1. The van der Waals surface area contributed by atoms with Crippen LogP contribution in [0.5, 0.6) is 0 Å². The van der Waals surface area contributed by atoms with Gasteiger partial charge in [-0.3, -0.25) is 14.8 Å². The lowest BCUT2D eigenvalue weighted by molar-refractivity contribution is -0.130. The second-order valence-corrected chi connectivity index (χ2v) is 10.5. The Hall–Kier alpha value is -2.94. The highest BCUT2D eigenvalue weighted by atomic mass is 79.9. The van der Waals surface area contributed by atoms with E-state index in [9.17, 15) is 4.79 Å². The molecule has 1 saturated heterocycles. The minimum atomic E-state index is -0.533. The molecule has 186 valence electrons. The molecular formula is C27H27BrClN5O2. The second-order valence-electron chi connectivity index (χ2n) is 9.13. The maximum atomic E-state index is 13.2. The lowest BCUT2D eigenvalue weighted by atomic mass is 9.91. The van der Waals surface area contributed by atoms with Gasteiger partial charge in [0, 0.05) is 22.9 Å². The van der Waals surface area contributed by atoms with Crippen LogP contribution in [0.1, 0.15) is 25.1 Å². The molecule has 4 atom stereocenters. The highest BCUT2D eigenvalue weighted by molar-refractivity contribution is 9.10. The van der Waals surface area contributed by atoms with E-state index in [1.54, 1.807) is 12.3 Å². The average Bonchev–Trinajstić information content (AvgIpc) is 3.35. The third kappa shape index (κ3) is 4.85. The Bertz CT molecular complexity index is 1270. The molecule has 3 aromatic rings. The number of hydrogen-bond acceptors (Lipinski definition) is 6. The fraction of sp³-hybridized carbons (Fsp3) is 0.296. The van der Waals surface area contributed by atoms with Gasteiger partial charge in [-0.15, -0.1) is 0 Å². The van der Waals surface area contributed by atoms with E-state index in [0.29, 0.717) is 23.7 Å². The number of nitrogen functional groups attached to an aromatic ring is 1. The molecule has 36 heavy (non-hydrogen) atoms. The van der Waals surface area contributed by atoms with Gasteiger partial charge in [-0.25, -0.2) is 0 Å². The van der Waals surface area contributed by atoms with Crippen LogP contribution in [-0.4, -0.2) is 46.4 Å². The van der Waals surface area contributed by atoms with Crippen LogP contribution in [-0.2, 0) is 16.0 Å². The monoisotopic (exact) mass is 567 g/mol. The van der Waals surface area contributed by atoms with Crippen LogP contribution in [0.25, 0.3) is 0 Å². The Balaban J connectivity index is 1.49. The zero-order chi connectivity index (χ0) is 25.4. The first-order valence-electron chi connectivity index (χ1n) is 11.9. The Morgan fingerprint density at radius 2 is 1.78 bits per heavy atom. The van der Waals surface area contributed by atoms with Crippen molar-refractivity contribution in [2.45, 2.75) is 38.6 Å². The molecule has 2 unspecified atom stereocenters. The number of benzene rings is 2. The van der Waals surface area contributed by atoms with E-state index in [2.05, 4.69) is 27.8 Å². The lowest BCUT2D eigenvalue weighted by Crippen LogP contribution is -2.47. The van der Waals surface area contributed by atoms with Crippen molar-refractivity contribution in [3.8, 4) is 0 Å². The van der Waals surface area contributed by atoms with Crippen molar-refractivity contribution in [1.29, 1.82) is 0 Å². The first kappa shape index (κ1) is 24.7. The average molecular weight is 569 g/mol. The van der Waals surface area contributed by atoms with Crippen molar-refractivity contribution in [3.63, 3.8) is 0 Å². The van der Waals surface area contributed by atoms with Crippen LogP contribution in [0.4, 0.5) is 11.4 Å². The molecule has 2 N–H and O–H groups in total. The fourth-order valence-corrected chi connectivity index (χ4v) is 5.19. The maximum absolute atomic E-state index is 13.2. The van der Waals surface area contributed by atoms with Crippen LogP contribution in [0.15, 0.2) is 76.4 Å². The largest absolute Gasteiger partial charge is 0.399 e. The molecule has 0 bridgehead atoms. The highest BCUT2D eigenvalue weighted by Gasteiger charge is 2.50. The van der Waals surface area contributed by atoms with Crippen molar-refractivity contribution >= 4 is 50.5 Å². The number of rotatable bonds is 6. The number of aromatic nitrogens is 1. The summed E-state index contributed by atoms with van der Waals surface area (Å²) in [5, 5.41) is 7.54. The number of pyridine rings is 1. The highest BCUT2D eigenvalue weighted by Crippen LogP contribution is 2.37. The number of amides is 1. The summed E-state index contributed by atoms with van der Waals surface area (Å²) < 4.78 is 7.31. The number of hydrazone groups is 1. The first-order valence-corrected chi connectivity index (χ1v) is 13.0. The van der Waals surface area contributed by atoms with Gasteiger partial charge in [0.2, 0.25) is 0 Å². The van der Waals surface area contributed by atoms with Crippen molar-refractivity contribution in [2.24, 2.45) is 11.0 Å². The van der Waals surface area contributed by atoms with Crippen LogP contribution in [0, 0.1) is 5.92 Å². The predicted octanol–water partition coefficient (Wildman–Crippen LogP) is 5.12. The van der Waals surface area contributed by atoms with Crippen molar-refractivity contribution in [3.05, 3.63) is 87.6 Å². The van der Waals surface area contributed by atoms with Gasteiger partial charge in [-0.2, -0.15) is 5.10 Å². The number of nitrogens with zero attached hydrogens (tertiary/aromatic N) is 4. The summed E-state index contributed by atoms with van der Waals surface area (Å²) in [6.07, 6.45) is 1.30. The van der Waals surface area contributed by atoms with E-state index < -0.39 is 12.3 Å². The number of halogens is 2. The Morgan fingerprint density at radius 1 is 1.06 bits per heavy atom. The van der Waals surface area contributed by atoms with E-state index >= 15 is 0 Å². The number of carbonyl (C=O) groups is 1. The maximum Gasteiger partial charge on any atom is 0.253 e. The molecule has 2 aromatic carbocycles. The molecule has 1 aromatic heterocycles. The van der Waals surface area contributed by atoms with Crippen molar-refractivity contribution < 1.29 is 9.53 Å². The van der Waals surface area contributed by atoms with E-state index in [0.717, 1.165) is 27.1 Å².